The molecule has 0 N–H and O–H groups in total. The van der Waals surface area contributed by atoms with Crippen LogP contribution in [-0.4, -0.2) is 23.0 Å². The van der Waals surface area contributed by atoms with Gasteiger partial charge in [0.25, 0.3) is 5.56 Å². The molecule has 9 heteroatoms. The van der Waals surface area contributed by atoms with Gasteiger partial charge in [0.1, 0.15) is 18.1 Å². The number of nitrogens with zero attached hydrogens (tertiary/aromatic N) is 3. The quantitative estimate of drug-likeness (QED) is 0.163. The molecule has 0 aliphatic heterocycles. The Balaban J connectivity index is 1.63. The van der Waals surface area contributed by atoms with Crippen molar-refractivity contribution >= 4 is 51.9 Å². The van der Waals surface area contributed by atoms with Gasteiger partial charge in [0.15, 0.2) is 5.82 Å². The Kier molecular flexibility index (Phi) is 8.88. The molecule has 214 valence electrons. The first-order valence-corrected chi connectivity index (χ1v) is 14.4. The van der Waals surface area contributed by atoms with E-state index in [2.05, 4.69) is 18.9 Å². The van der Waals surface area contributed by atoms with Gasteiger partial charge >= 0.3 is 0 Å². The van der Waals surface area contributed by atoms with Crippen LogP contribution in [0.25, 0.3) is 22.3 Å². The molecule has 0 amide bonds. The van der Waals surface area contributed by atoms with Gasteiger partial charge in [-0.15, -0.1) is 0 Å². The molecule has 0 bridgehead atoms. The van der Waals surface area contributed by atoms with Crippen molar-refractivity contribution in [2.24, 2.45) is 5.10 Å². The summed E-state index contributed by atoms with van der Waals surface area (Å²) < 4.78 is 13.1. The molecule has 0 atom stereocenters. The Labute approximate surface area is 259 Å². The Morgan fingerprint density at radius 1 is 0.952 bits per heavy atom. The highest BCUT2D eigenvalue weighted by molar-refractivity contribution is 6.35. The van der Waals surface area contributed by atoms with Crippen molar-refractivity contribution in [2.45, 2.75) is 33.3 Å². The summed E-state index contributed by atoms with van der Waals surface area (Å²) in [4.78, 5) is 18.7. The van der Waals surface area contributed by atoms with Gasteiger partial charge in [0.2, 0.25) is 0 Å². The summed E-state index contributed by atoms with van der Waals surface area (Å²) in [7, 11) is 1.65. The highest BCUT2D eigenvalue weighted by atomic mass is 35.5. The third-order valence-corrected chi connectivity index (χ3v) is 7.70. The topological polar surface area (TPSA) is 65.7 Å². The van der Waals surface area contributed by atoms with Crippen molar-refractivity contribution in [2.75, 3.05) is 7.11 Å². The number of rotatable bonds is 8. The SMILES string of the molecule is COc1cc(C)c(-c2nc3ccccc3c(=O)n2N=Cc2cc(Cl)ccc2OCc2ccc(Cl)cc2Cl)cc1C(C)C. The van der Waals surface area contributed by atoms with Gasteiger partial charge in [0, 0.05) is 31.8 Å². The molecule has 1 heterocycles. The second-order valence-electron chi connectivity index (χ2n) is 10.1. The number of aryl methyl sites for hydroxylation is 1. The van der Waals surface area contributed by atoms with Gasteiger partial charge in [-0.05, 0) is 78.6 Å². The molecule has 0 fully saturated rings. The summed E-state index contributed by atoms with van der Waals surface area (Å²) in [5, 5.41) is 6.64. The van der Waals surface area contributed by atoms with Gasteiger partial charge in [-0.2, -0.15) is 9.78 Å². The average Bonchev–Trinajstić information content (AvgIpc) is 2.96. The first kappa shape index (κ1) is 29.6. The molecule has 0 aliphatic rings. The van der Waals surface area contributed by atoms with E-state index < -0.39 is 0 Å². The predicted molar refractivity (Wildman–Crippen MR) is 172 cm³/mol. The summed E-state index contributed by atoms with van der Waals surface area (Å²) in [6.45, 7) is 6.34. The van der Waals surface area contributed by atoms with Gasteiger partial charge in [-0.25, -0.2) is 4.98 Å². The fraction of sp³-hybridized carbons (Fsp3) is 0.182. The normalized spacial score (nSPS) is 11.5. The lowest BCUT2D eigenvalue weighted by Gasteiger charge is -2.17. The number of halogens is 3. The van der Waals surface area contributed by atoms with E-state index >= 15 is 0 Å². The van der Waals surface area contributed by atoms with Crippen LogP contribution in [0.5, 0.6) is 11.5 Å². The first-order valence-electron chi connectivity index (χ1n) is 13.3. The molecule has 0 radical (unpaired) electrons. The van der Waals surface area contributed by atoms with Crippen LogP contribution < -0.4 is 15.0 Å². The molecule has 0 saturated carbocycles. The Morgan fingerprint density at radius 2 is 1.69 bits per heavy atom. The largest absolute Gasteiger partial charge is 0.496 e. The molecule has 42 heavy (non-hydrogen) atoms. The highest BCUT2D eigenvalue weighted by Gasteiger charge is 2.18. The summed E-state index contributed by atoms with van der Waals surface area (Å²) >= 11 is 18.7. The van der Waals surface area contributed by atoms with Crippen molar-refractivity contribution in [3.8, 4) is 22.9 Å². The molecule has 0 spiro atoms. The maximum absolute atomic E-state index is 13.8. The van der Waals surface area contributed by atoms with Gasteiger partial charge in [-0.3, -0.25) is 4.79 Å². The molecule has 0 saturated heterocycles. The number of ether oxygens (including phenoxy) is 2. The number of methoxy groups -OCH3 is 1. The van der Waals surface area contributed by atoms with E-state index in [1.807, 2.05) is 37.3 Å². The van der Waals surface area contributed by atoms with Crippen LogP contribution in [0, 0.1) is 6.92 Å². The minimum Gasteiger partial charge on any atom is -0.496 e. The van der Waals surface area contributed by atoms with E-state index in [0.717, 1.165) is 28.0 Å². The molecular weight excluding hydrogens is 593 g/mol. The predicted octanol–water partition coefficient (Wildman–Crippen LogP) is 8.93. The number of aromatic nitrogens is 2. The summed E-state index contributed by atoms with van der Waals surface area (Å²) in [6.07, 6.45) is 1.55. The number of fused-ring (bicyclic) bond motifs is 1. The summed E-state index contributed by atoms with van der Waals surface area (Å²) in [5.74, 6) is 1.89. The molecule has 5 aromatic rings. The van der Waals surface area contributed by atoms with Gasteiger partial charge in [-0.1, -0.05) is 66.8 Å². The van der Waals surface area contributed by atoms with E-state index in [1.54, 1.807) is 55.8 Å². The second-order valence-corrected chi connectivity index (χ2v) is 11.4. The lowest BCUT2D eigenvalue weighted by Crippen LogP contribution is -2.21. The third kappa shape index (κ3) is 6.16. The first-order chi connectivity index (χ1) is 20.2. The Hall–Kier alpha value is -3.84. The minimum absolute atomic E-state index is 0.184. The number of benzene rings is 4. The highest BCUT2D eigenvalue weighted by Crippen LogP contribution is 2.34. The van der Waals surface area contributed by atoms with Crippen molar-refractivity contribution in [1.29, 1.82) is 0 Å². The molecular formula is C33H28Cl3N3O3. The molecule has 5 rings (SSSR count). The van der Waals surface area contributed by atoms with Crippen LogP contribution in [0.4, 0.5) is 0 Å². The van der Waals surface area contributed by atoms with Crippen molar-refractivity contribution < 1.29 is 9.47 Å². The molecule has 0 unspecified atom stereocenters. The average molecular weight is 621 g/mol. The van der Waals surface area contributed by atoms with E-state index in [4.69, 9.17) is 49.3 Å². The zero-order chi connectivity index (χ0) is 30.0. The number of para-hydroxylation sites is 1. The fourth-order valence-corrected chi connectivity index (χ4v) is 5.28. The van der Waals surface area contributed by atoms with Gasteiger partial charge in [0.05, 0.1) is 24.2 Å². The Bertz CT molecular complexity index is 1880. The molecule has 4 aromatic carbocycles. The standard InChI is InChI=1S/C33H28Cl3N3O3/c1-19(2)26-16-27(20(3)13-31(26)41-4)32-38-29-8-6-5-7-25(29)33(40)39(32)37-17-22-14-23(34)11-12-30(22)42-18-21-9-10-24(35)15-28(21)36/h5-17,19H,18H2,1-4H3. The molecule has 0 aliphatic carbocycles. The third-order valence-electron chi connectivity index (χ3n) is 6.88. The smallest absolute Gasteiger partial charge is 0.282 e. The molecule has 6 nitrogen and oxygen atoms in total. The van der Waals surface area contributed by atoms with Crippen LogP contribution in [0.2, 0.25) is 15.1 Å². The zero-order valence-electron chi connectivity index (χ0n) is 23.5. The second kappa shape index (κ2) is 12.6. The van der Waals surface area contributed by atoms with Crippen molar-refractivity contribution in [1.82, 2.24) is 9.66 Å². The van der Waals surface area contributed by atoms with Crippen LogP contribution in [0.15, 0.2) is 82.7 Å². The van der Waals surface area contributed by atoms with E-state index in [-0.39, 0.29) is 18.1 Å². The van der Waals surface area contributed by atoms with E-state index in [1.165, 1.54) is 4.68 Å². The van der Waals surface area contributed by atoms with Crippen LogP contribution >= 0.6 is 34.8 Å². The monoisotopic (exact) mass is 619 g/mol. The molecule has 1 aromatic heterocycles. The number of hydrogen-bond acceptors (Lipinski definition) is 5. The lowest BCUT2D eigenvalue weighted by molar-refractivity contribution is 0.306. The summed E-state index contributed by atoms with van der Waals surface area (Å²) in [5.41, 5.74) is 4.30. The minimum atomic E-state index is -0.300. The number of hydrogen-bond donors (Lipinski definition) is 0. The van der Waals surface area contributed by atoms with Crippen LogP contribution in [0.1, 0.15) is 42.0 Å². The van der Waals surface area contributed by atoms with Crippen LogP contribution in [-0.2, 0) is 6.61 Å². The zero-order valence-corrected chi connectivity index (χ0v) is 25.8. The summed E-state index contributed by atoms with van der Waals surface area (Å²) in [6, 6.07) is 21.6. The van der Waals surface area contributed by atoms with Crippen molar-refractivity contribution in [3.05, 3.63) is 120 Å². The van der Waals surface area contributed by atoms with E-state index in [0.29, 0.717) is 43.1 Å². The van der Waals surface area contributed by atoms with Crippen LogP contribution in [0.3, 0.4) is 0 Å². The van der Waals surface area contributed by atoms with E-state index in [9.17, 15) is 4.79 Å². The Morgan fingerprint density at radius 3 is 2.43 bits per heavy atom. The fourth-order valence-electron chi connectivity index (χ4n) is 4.64. The van der Waals surface area contributed by atoms with Crippen molar-refractivity contribution in [3.63, 3.8) is 0 Å². The maximum atomic E-state index is 13.8. The lowest BCUT2D eigenvalue weighted by atomic mass is 9.96. The van der Waals surface area contributed by atoms with Gasteiger partial charge < -0.3 is 9.47 Å². The maximum Gasteiger partial charge on any atom is 0.282 e.